The first-order chi connectivity index (χ1) is 13.9. The minimum absolute atomic E-state index is 0.218. The standard InChI is InChI=1S/C23H37NO5/c1-6-10-12-15-23(5,29-9-4)22(26)24-18-13-14-20(28-16-11-7-2)19(17-18)21(25)27-8-3/h13-14,17H,6-12,15-16H2,1-5H3,(H,24,26). The number of esters is 1. The monoisotopic (exact) mass is 407 g/mol. The number of amides is 1. The highest BCUT2D eigenvalue weighted by Crippen LogP contribution is 2.27. The van der Waals surface area contributed by atoms with Gasteiger partial charge in [-0.1, -0.05) is 39.5 Å². The van der Waals surface area contributed by atoms with Gasteiger partial charge in [-0.05, 0) is 51.8 Å². The number of carbonyl (C=O) groups is 2. The van der Waals surface area contributed by atoms with Crippen molar-refractivity contribution in [3.63, 3.8) is 0 Å². The van der Waals surface area contributed by atoms with Gasteiger partial charge in [0.15, 0.2) is 0 Å². The zero-order chi connectivity index (χ0) is 21.7. The van der Waals surface area contributed by atoms with Crippen LogP contribution in [0, 0.1) is 0 Å². The van der Waals surface area contributed by atoms with Crippen molar-refractivity contribution in [2.45, 2.75) is 78.7 Å². The Morgan fingerprint density at radius 2 is 1.72 bits per heavy atom. The van der Waals surface area contributed by atoms with Gasteiger partial charge in [-0.2, -0.15) is 0 Å². The molecule has 0 aliphatic carbocycles. The number of ether oxygens (including phenoxy) is 3. The summed E-state index contributed by atoms with van der Waals surface area (Å²) in [5, 5.41) is 2.90. The lowest BCUT2D eigenvalue weighted by Gasteiger charge is -2.28. The molecule has 0 heterocycles. The minimum atomic E-state index is -0.912. The van der Waals surface area contributed by atoms with Crippen molar-refractivity contribution in [1.82, 2.24) is 0 Å². The maximum Gasteiger partial charge on any atom is 0.341 e. The summed E-state index contributed by atoms with van der Waals surface area (Å²) in [7, 11) is 0. The molecule has 1 amide bonds. The largest absolute Gasteiger partial charge is 0.493 e. The minimum Gasteiger partial charge on any atom is -0.493 e. The quantitative estimate of drug-likeness (QED) is 0.332. The third-order valence-corrected chi connectivity index (χ3v) is 4.69. The van der Waals surface area contributed by atoms with E-state index in [9.17, 15) is 9.59 Å². The molecule has 0 aromatic heterocycles. The van der Waals surface area contributed by atoms with E-state index in [4.69, 9.17) is 14.2 Å². The molecule has 0 aliphatic rings. The molecule has 0 spiro atoms. The summed E-state index contributed by atoms with van der Waals surface area (Å²) in [6, 6.07) is 5.04. The van der Waals surface area contributed by atoms with Gasteiger partial charge >= 0.3 is 5.97 Å². The molecule has 6 heteroatoms. The molecule has 1 rings (SSSR count). The molecule has 0 aliphatic heterocycles. The molecule has 0 bridgehead atoms. The molecule has 0 saturated heterocycles. The van der Waals surface area contributed by atoms with E-state index in [0.29, 0.717) is 36.6 Å². The van der Waals surface area contributed by atoms with Crippen LogP contribution in [0.25, 0.3) is 0 Å². The van der Waals surface area contributed by atoms with Gasteiger partial charge in [0.1, 0.15) is 16.9 Å². The molecule has 0 saturated carbocycles. The Morgan fingerprint density at radius 3 is 2.34 bits per heavy atom. The van der Waals surface area contributed by atoms with Crippen LogP contribution in [0.1, 0.15) is 83.5 Å². The predicted octanol–water partition coefficient (Wildman–Crippen LogP) is 5.36. The topological polar surface area (TPSA) is 73.9 Å². The van der Waals surface area contributed by atoms with E-state index in [1.807, 2.05) is 13.8 Å². The number of hydrogen-bond donors (Lipinski definition) is 1. The van der Waals surface area contributed by atoms with Gasteiger partial charge in [0, 0.05) is 12.3 Å². The molecule has 1 N–H and O–H groups in total. The van der Waals surface area contributed by atoms with Gasteiger partial charge in [-0.15, -0.1) is 0 Å². The van der Waals surface area contributed by atoms with Crippen molar-refractivity contribution in [1.29, 1.82) is 0 Å². The third-order valence-electron chi connectivity index (χ3n) is 4.69. The van der Waals surface area contributed by atoms with E-state index in [-0.39, 0.29) is 12.5 Å². The van der Waals surface area contributed by atoms with E-state index in [2.05, 4.69) is 19.2 Å². The van der Waals surface area contributed by atoms with Crippen molar-refractivity contribution < 1.29 is 23.8 Å². The SMILES string of the molecule is CCCCCC(C)(OCC)C(=O)Nc1ccc(OCCCC)c(C(=O)OCC)c1. The van der Waals surface area contributed by atoms with Gasteiger partial charge in [-0.3, -0.25) is 4.79 Å². The van der Waals surface area contributed by atoms with E-state index in [0.717, 1.165) is 32.1 Å². The number of benzene rings is 1. The molecule has 1 unspecified atom stereocenters. The summed E-state index contributed by atoms with van der Waals surface area (Å²) in [4.78, 5) is 25.3. The van der Waals surface area contributed by atoms with Crippen LogP contribution >= 0.6 is 0 Å². The van der Waals surface area contributed by atoms with Gasteiger partial charge < -0.3 is 19.5 Å². The highest BCUT2D eigenvalue weighted by Gasteiger charge is 2.33. The molecule has 1 atom stereocenters. The number of nitrogens with one attached hydrogen (secondary N) is 1. The average Bonchev–Trinajstić information content (AvgIpc) is 2.69. The van der Waals surface area contributed by atoms with Gasteiger partial charge in [0.05, 0.1) is 13.2 Å². The van der Waals surface area contributed by atoms with Crippen molar-refractivity contribution in [3.8, 4) is 5.75 Å². The Kier molecular flexibility index (Phi) is 11.4. The smallest absolute Gasteiger partial charge is 0.341 e. The Morgan fingerprint density at radius 1 is 1.00 bits per heavy atom. The van der Waals surface area contributed by atoms with Crippen LogP contribution in [-0.4, -0.2) is 37.3 Å². The maximum atomic E-state index is 12.9. The van der Waals surface area contributed by atoms with Crippen LogP contribution in [0.2, 0.25) is 0 Å². The second-order valence-electron chi connectivity index (χ2n) is 7.21. The fraction of sp³-hybridized carbons (Fsp3) is 0.652. The van der Waals surface area contributed by atoms with Gasteiger partial charge in [0.25, 0.3) is 5.91 Å². The van der Waals surface area contributed by atoms with Crippen LogP contribution in [0.15, 0.2) is 18.2 Å². The summed E-state index contributed by atoms with van der Waals surface area (Å²) in [5.74, 6) is -0.221. The molecular formula is C23H37NO5. The number of anilines is 1. The normalized spacial score (nSPS) is 12.9. The summed E-state index contributed by atoms with van der Waals surface area (Å²) < 4.78 is 16.7. The first-order valence-corrected chi connectivity index (χ1v) is 10.8. The third kappa shape index (κ3) is 8.05. The summed E-state index contributed by atoms with van der Waals surface area (Å²) in [6.07, 6.45) is 5.57. The number of hydrogen-bond acceptors (Lipinski definition) is 5. The fourth-order valence-electron chi connectivity index (χ4n) is 2.97. The lowest BCUT2D eigenvalue weighted by molar-refractivity contribution is -0.139. The van der Waals surface area contributed by atoms with Crippen LogP contribution in [-0.2, 0) is 14.3 Å². The summed E-state index contributed by atoms with van der Waals surface area (Å²) in [6.45, 7) is 10.9. The van der Waals surface area contributed by atoms with Crippen molar-refractivity contribution in [2.75, 3.05) is 25.1 Å². The first-order valence-electron chi connectivity index (χ1n) is 10.8. The zero-order valence-electron chi connectivity index (χ0n) is 18.6. The molecule has 1 aromatic rings. The van der Waals surface area contributed by atoms with Crippen molar-refractivity contribution in [2.24, 2.45) is 0 Å². The Balaban J connectivity index is 3.01. The fourth-order valence-corrected chi connectivity index (χ4v) is 2.97. The average molecular weight is 408 g/mol. The second-order valence-corrected chi connectivity index (χ2v) is 7.21. The van der Waals surface area contributed by atoms with Gasteiger partial charge in [-0.25, -0.2) is 4.79 Å². The van der Waals surface area contributed by atoms with Crippen molar-refractivity contribution in [3.05, 3.63) is 23.8 Å². The highest BCUT2D eigenvalue weighted by molar-refractivity contribution is 5.99. The molecular weight excluding hydrogens is 370 g/mol. The number of rotatable bonds is 14. The molecule has 164 valence electrons. The molecule has 29 heavy (non-hydrogen) atoms. The van der Waals surface area contributed by atoms with Crippen molar-refractivity contribution >= 4 is 17.6 Å². The van der Waals surface area contributed by atoms with E-state index < -0.39 is 11.6 Å². The zero-order valence-corrected chi connectivity index (χ0v) is 18.6. The van der Waals surface area contributed by atoms with E-state index in [1.54, 1.807) is 25.1 Å². The van der Waals surface area contributed by atoms with Crippen LogP contribution in [0.3, 0.4) is 0 Å². The Hall–Kier alpha value is -2.08. The lowest BCUT2D eigenvalue weighted by Crippen LogP contribution is -2.42. The van der Waals surface area contributed by atoms with Gasteiger partial charge in [0.2, 0.25) is 0 Å². The maximum absolute atomic E-state index is 12.9. The summed E-state index contributed by atoms with van der Waals surface area (Å²) in [5.41, 5.74) is -0.0863. The van der Waals surface area contributed by atoms with Crippen LogP contribution in [0.4, 0.5) is 5.69 Å². The Bertz CT molecular complexity index is 646. The number of unbranched alkanes of at least 4 members (excludes halogenated alkanes) is 3. The molecule has 6 nitrogen and oxygen atoms in total. The molecule has 0 fully saturated rings. The molecule has 1 aromatic carbocycles. The first kappa shape index (κ1) is 25.0. The van der Waals surface area contributed by atoms with E-state index >= 15 is 0 Å². The van der Waals surface area contributed by atoms with Crippen LogP contribution < -0.4 is 10.1 Å². The van der Waals surface area contributed by atoms with E-state index in [1.165, 1.54) is 0 Å². The Labute approximate surface area is 175 Å². The number of carbonyl (C=O) groups excluding carboxylic acids is 2. The molecule has 0 radical (unpaired) electrons. The predicted molar refractivity (Wildman–Crippen MR) is 116 cm³/mol. The van der Waals surface area contributed by atoms with Crippen LogP contribution in [0.5, 0.6) is 5.75 Å². The second kappa shape index (κ2) is 13.2. The lowest BCUT2D eigenvalue weighted by atomic mass is 9.96. The highest BCUT2D eigenvalue weighted by atomic mass is 16.5. The summed E-state index contributed by atoms with van der Waals surface area (Å²) >= 11 is 0.